The van der Waals surface area contributed by atoms with Crippen molar-refractivity contribution in [1.29, 1.82) is 0 Å². The van der Waals surface area contributed by atoms with Gasteiger partial charge in [-0.25, -0.2) is 4.79 Å². The van der Waals surface area contributed by atoms with Crippen LogP contribution in [-0.2, 0) is 33.3 Å². The van der Waals surface area contributed by atoms with Crippen molar-refractivity contribution in [3.05, 3.63) is 23.5 Å². The number of ether oxygens (including phenoxy) is 5. The molecule has 0 radical (unpaired) electrons. The van der Waals surface area contributed by atoms with Crippen molar-refractivity contribution in [1.82, 2.24) is 0 Å². The average Bonchev–Trinajstić information content (AvgIpc) is 3.20. The summed E-state index contributed by atoms with van der Waals surface area (Å²) < 4.78 is 28.4. The molecule has 0 aromatic heterocycles. The summed E-state index contributed by atoms with van der Waals surface area (Å²) >= 11 is 0. The lowest BCUT2D eigenvalue weighted by Gasteiger charge is -2.42. The molecular weight excluding hydrogens is 504 g/mol. The van der Waals surface area contributed by atoms with Crippen LogP contribution in [0.5, 0.6) is 0 Å². The number of rotatable bonds is 5. The number of aliphatic hydroxyl groups excluding tert-OH is 5. The molecule has 1 saturated carbocycles. The summed E-state index contributed by atoms with van der Waals surface area (Å²) in [5, 5.41) is 49.7. The molecular formula is C26H38O12. The molecule has 214 valence electrons. The van der Waals surface area contributed by atoms with Crippen molar-refractivity contribution in [2.24, 2.45) is 29.6 Å². The van der Waals surface area contributed by atoms with E-state index < -0.39 is 67.6 Å². The fourth-order valence-corrected chi connectivity index (χ4v) is 5.97. The molecule has 3 aliphatic heterocycles. The van der Waals surface area contributed by atoms with Crippen LogP contribution >= 0.6 is 0 Å². The minimum atomic E-state index is -1.66. The number of fused-ring (bicyclic) bond motifs is 3. The van der Waals surface area contributed by atoms with E-state index in [4.69, 9.17) is 23.7 Å². The third kappa shape index (κ3) is 5.48. The van der Waals surface area contributed by atoms with Gasteiger partial charge in [-0.15, -0.1) is 0 Å². The van der Waals surface area contributed by atoms with E-state index in [0.717, 1.165) is 6.26 Å². The average molecular weight is 543 g/mol. The van der Waals surface area contributed by atoms with Crippen molar-refractivity contribution < 1.29 is 58.8 Å². The van der Waals surface area contributed by atoms with Crippen LogP contribution in [0.25, 0.3) is 0 Å². The monoisotopic (exact) mass is 542 g/mol. The highest BCUT2D eigenvalue weighted by atomic mass is 16.8. The fraction of sp³-hybridized carbons (Fsp3) is 0.769. The molecule has 12 heteroatoms. The summed E-state index contributed by atoms with van der Waals surface area (Å²) in [6, 6.07) is 0. The second kappa shape index (κ2) is 12.0. The zero-order valence-electron chi connectivity index (χ0n) is 21.7. The van der Waals surface area contributed by atoms with Crippen LogP contribution in [0.3, 0.4) is 0 Å². The number of cyclic esters (lactones) is 1. The normalized spacial score (nSPS) is 43.7. The van der Waals surface area contributed by atoms with Gasteiger partial charge in [-0.3, -0.25) is 4.79 Å². The Balaban J connectivity index is 1.57. The first-order chi connectivity index (χ1) is 18.1. The highest BCUT2D eigenvalue weighted by molar-refractivity contribution is 5.91. The molecule has 1 aliphatic carbocycles. The Kier molecular flexibility index (Phi) is 9.13. The smallest absolute Gasteiger partial charge is 0.338 e. The molecule has 3 heterocycles. The first-order valence-electron chi connectivity index (χ1n) is 13.1. The van der Waals surface area contributed by atoms with Gasteiger partial charge in [0.25, 0.3) is 0 Å². The largest absolute Gasteiger partial charge is 0.468 e. The van der Waals surface area contributed by atoms with Crippen LogP contribution < -0.4 is 0 Å². The Hall–Kier alpha value is -2.06. The Morgan fingerprint density at radius 3 is 2.55 bits per heavy atom. The van der Waals surface area contributed by atoms with E-state index >= 15 is 0 Å². The molecule has 12 atom stereocenters. The third-order valence-electron chi connectivity index (χ3n) is 8.44. The molecule has 0 aromatic rings. The van der Waals surface area contributed by atoms with E-state index in [1.54, 1.807) is 13.0 Å². The number of hydrogen-bond donors (Lipinski definition) is 5. The van der Waals surface area contributed by atoms with Gasteiger partial charge in [0.05, 0.1) is 31.5 Å². The first kappa shape index (κ1) is 28.9. The van der Waals surface area contributed by atoms with Crippen LogP contribution in [0, 0.1) is 29.6 Å². The number of hydrogen-bond acceptors (Lipinski definition) is 12. The Labute approximate surface area is 220 Å². The van der Waals surface area contributed by atoms with Gasteiger partial charge in [0.1, 0.15) is 30.5 Å². The zero-order chi connectivity index (χ0) is 27.7. The van der Waals surface area contributed by atoms with Crippen molar-refractivity contribution in [3.8, 4) is 0 Å². The van der Waals surface area contributed by atoms with E-state index in [9.17, 15) is 35.1 Å². The lowest BCUT2D eigenvalue weighted by atomic mass is 9.83. The molecule has 12 nitrogen and oxygen atoms in total. The predicted molar refractivity (Wildman–Crippen MR) is 128 cm³/mol. The molecule has 3 fully saturated rings. The summed E-state index contributed by atoms with van der Waals surface area (Å²) in [7, 11) is 0. The lowest BCUT2D eigenvalue weighted by Crippen LogP contribution is -2.60. The Morgan fingerprint density at radius 2 is 1.89 bits per heavy atom. The van der Waals surface area contributed by atoms with E-state index in [1.807, 2.05) is 13.8 Å². The molecule has 0 unspecified atom stereocenters. The Morgan fingerprint density at radius 1 is 1.16 bits per heavy atom. The fourth-order valence-electron chi connectivity index (χ4n) is 5.97. The van der Waals surface area contributed by atoms with Gasteiger partial charge < -0.3 is 49.2 Å². The highest BCUT2D eigenvalue weighted by Crippen LogP contribution is 2.45. The Bertz CT molecular complexity index is 931. The quantitative estimate of drug-likeness (QED) is 0.219. The van der Waals surface area contributed by atoms with Crippen molar-refractivity contribution in [3.63, 3.8) is 0 Å². The number of allylic oxidation sites excluding steroid dienone is 1. The van der Waals surface area contributed by atoms with Gasteiger partial charge in [-0.1, -0.05) is 19.9 Å². The minimum Gasteiger partial charge on any atom is -0.468 e. The van der Waals surface area contributed by atoms with Crippen LogP contribution in [0.15, 0.2) is 23.5 Å². The molecule has 5 N–H and O–H groups in total. The van der Waals surface area contributed by atoms with Crippen molar-refractivity contribution in [2.75, 3.05) is 19.8 Å². The maximum Gasteiger partial charge on any atom is 0.338 e. The second-order valence-electron chi connectivity index (χ2n) is 10.6. The second-order valence-corrected chi connectivity index (χ2v) is 10.6. The van der Waals surface area contributed by atoms with Crippen LogP contribution in [0.1, 0.15) is 33.6 Å². The molecule has 4 rings (SSSR count). The SMILES string of the molecule is C/C=C1/[C@H](O[C@@H]2O[C@H](CO)[C@@H](O)[C@H](O)[C@@H]2O)OC=C2C(=O)O[C@@H]3C[C@@H]([C@@H](C)CO)[C@H](COC(=O)C[C@H]21)[C@H]3C. The molecule has 2 bridgehead atoms. The minimum absolute atomic E-state index is 0.0230. The number of carbonyl (C=O) groups is 2. The van der Waals surface area contributed by atoms with Crippen LogP contribution in [-0.4, -0.2) is 100 Å². The molecule has 2 saturated heterocycles. The van der Waals surface area contributed by atoms with Crippen LogP contribution in [0.4, 0.5) is 0 Å². The maximum absolute atomic E-state index is 13.3. The summed E-state index contributed by atoms with van der Waals surface area (Å²) in [5.74, 6) is -2.17. The van der Waals surface area contributed by atoms with Crippen molar-refractivity contribution >= 4 is 11.9 Å². The first-order valence-corrected chi connectivity index (χ1v) is 13.1. The van der Waals surface area contributed by atoms with E-state index in [0.29, 0.717) is 12.0 Å². The number of carbonyl (C=O) groups excluding carboxylic acids is 2. The third-order valence-corrected chi connectivity index (χ3v) is 8.44. The summed E-state index contributed by atoms with van der Waals surface area (Å²) in [5.41, 5.74) is 0.477. The summed E-state index contributed by atoms with van der Waals surface area (Å²) in [4.78, 5) is 26.3. The van der Waals surface area contributed by atoms with Gasteiger partial charge in [-0.2, -0.15) is 0 Å². The van der Waals surface area contributed by atoms with Gasteiger partial charge in [0.15, 0.2) is 6.29 Å². The standard InChI is InChI=1S/C26H38O12/c1-4-13-15-6-20(29)34-9-16-12(3)18(5-14(16)11(2)7-27)36-24(33)17(15)10-35-25(13)38-26-23(32)22(31)21(30)19(8-28)37-26/h4,10-12,14-16,18-19,21-23,25-28,30-32H,5-9H2,1-3H3/b13-4+/t11-,12+,14-,15-,16+,18+,19+,21+,22-,23-,25-,26-/m0/s1. The summed E-state index contributed by atoms with van der Waals surface area (Å²) in [6.07, 6.45) is -6.07. The van der Waals surface area contributed by atoms with Crippen molar-refractivity contribution in [2.45, 2.75) is 76.7 Å². The predicted octanol–water partition coefficient (Wildman–Crippen LogP) is -0.635. The maximum atomic E-state index is 13.3. The lowest BCUT2D eigenvalue weighted by molar-refractivity contribution is -0.327. The molecule has 0 aromatic carbocycles. The van der Waals surface area contributed by atoms with E-state index in [-0.39, 0.29) is 48.9 Å². The van der Waals surface area contributed by atoms with Crippen LogP contribution in [0.2, 0.25) is 0 Å². The van der Waals surface area contributed by atoms with E-state index in [2.05, 4.69) is 0 Å². The molecule has 0 amide bonds. The number of esters is 2. The molecule has 4 aliphatic rings. The molecule has 38 heavy (non-hydrogen) atoms. The van der Waals surface area contributed by atoms with Gasteiger partial charge in [-0.05, 0) is 31.1 Å². The highest BCUT2D eigenvalue weighted by Gasteiger charge is 2.49. The van der Waals surface area contributed by atoms with Gasteiger partial charge in [0, 0.05) is 24.0 Å². The topological polar surface area (TPSA) is 181 Å². The van der Waals surface area contributed by atoms with Gasteiger partial charge in [0.2, 0.25) is 6.29 Å². The van der Waals surface area contributed by atoms with E-state index in [1.165, 1.54) is 0 Å². The molecule has 0 spiro atoms. The zero-order valence-corrected chi connectivity index (χ0v) is 21.7. The number of aliphatic hydroxyl groups is 5. The van der Waals surface area contributed by atoms with Gasteiger partial charge >= 0.3 is 11.9 Å². The summed E-state index contributed by atoms with van der Waals surface area (Å²) in [6.45, 7) is 5.02.